The van der Waals surface area contributed by atoms with Gasteiger partial charge in [-0.2, -0.15) is 0 Å². The van der Waals surface area contributed by atoms with Crippen LogP contribution in [-0.2, 0) is 16.0 Å². The highest BCUT2D eigenvalue weighted by molar-refractivity contribution is 6.56. The Labute approximate surface area is 150 Å². The van der Waals surface area contributed by atoms with Crippen LogP contribution < -0.4 is 9.64 Å². The number of ether oxygens (including phenoxy) is 1. The maximum atomic E-state index is 12.5. The molecule has 0 spiro atoms. The molecule has 6 heteroatoms. The minimum absolute atomic E-state index is 0.0318. The second-order valence-electron chi connectivity index (χ2n) is 5.61. The van der Waals surface area contributed by atoms with Crippen LogP contribution >= 0.6 is 11.6 Å². The lowest BCUT2D eigenvalue weighted by Gasteiger charge is -2.12. The zero-order chi connectivity index (χ0) is 17.8. The van der Waals surface area contributed by atoms with E-state index in [1.54, 1.807) is 31.4 Å². The third-order valence-electron chi connectivity index (χ3n) is 3.97. The van der Waals surface area contributed by atoms with Gasteiger partial charge in [0, 0.05) is 11.6 Å². The molecule has 1 heterocycles. The number of imide groups is 1. The van der Waals surface area contributed by atoms with Crippen LogP contribution in [0.5, 0.6) is 5.75 Å². The molecule has 2 aromatic carbocycles. The maximum Gasteiger partial charge on any atom is 0.279 e. The molecule has 0 radical (unpaired) electrons. The second-order valence-corrected chi connectivity index (χ2v) is 6.05. The predicted octanol–water partition coefficient (Wildman–Crippen LogP) is 3.30. The van der Waals surface area contributed by atoms with E-state index in [1.807, 2.05) is 24.3 Å². The molecular weight excluding hydrogens is 340 g/mol. The Morgan fingerprint density at radius 2 is 1.76 bits per heavy atom. The molecule has 0 aliphatic carbocycles. The van der Waals surface area contributed by atoms with Crippen LogP contribution in [0.1, 0.15) is 12.0 Å². The summed E-state index contributed by atoms with van der Waals surface area (Å²) in [5, 5.41) is 0.552. The van der Waals surface area contributed by atoms with Crippen molar-refractivity contribution in [3.63, 3.8) is 0 Å². The van der Waals surface area contributed by atoms with Crippen LogP contribution in [0, 0.1) is 0 Å². The molecule has 1 saturated heterocycles. The Morgan fingerprint density at radius 3 is 2.40 bits per heavy atom. The summed E-state index contributed by atoms with van der Waals surface area (Å²) in [6.45, 7) is 0.454. The molecule has 5 nitrogen and oxygen atoms in total. The normalized spacial score (nSPS) is 15.9. The largest absolute Gasteiger partial charge is 0.497 e. The molecule has 0 saturated carbocycles. The fraction of sp³-hybridized carbons (Fsp3) is 0.211. The first-order valence-corrected chi connectivity index (χ1v) is 8.25. The average molecular weight is 357 g/mol. The van der Waals surface area contributed by atoms with E-state index in [1.165, 1.54) is 0 Å². The quantitative estimate of drug-likeness (QED) is 0.772. The molecule has 2 amide bonds. The summed E-state index contributed by atoms with van der Waals surface area (Å²) in [7, 11) is 1.62. The summed E-state index contributed by atoms with van der Waals surface area (Å²) >= 11 is 5.85. The number of hydrogen-bond donors (Lipinski definition) is 0. The van der Waals surface area contributed by atoms with E-state index < -0.39 is 0 Å². The predicted molar refractivity (Wildman–Crippen MR) is 97.6 cm³/mol. The van der Waals surface area contributed by atoms with Gasteiger partial charge in [-0.25, -0.2) is 4.90 Å². The molecule has 0 atom stereocenters. The lowest BCUT2D eigenvalue weighted by Crippen LogP contribution is -2.30. The molecule has 0 aromatic heterocycles. The van der Waals surface area contributed by atoms with Gasteiger partial charge in [-0.1, -0.05) is 23.7 Å². The number of amides is 2. The lowest BCUT2D eigenvalue weighted by atomic mass is 10.1. The van der Waals surface area contributed by atoms with Crippen LogP contribution in [0.25, 0.3) is 0 Å². The Balaban J connectivity index is 1.66. The van der Waals surface area contributed by atoms with Crippen molar-refractivity contribution in [1.82, 2.24) is 0 Å². The van der Waals surface area contributed by atoms with Crippen molar-refractivity contribution in [3.8, 4) is 5.75 Å². The summed E-state index contributed by atoms with van der Waals surface area (Å²) in [4.78, 5) is 30.1. The molecule has 1 aliphatic rings. The number of methoxy groups -OCH3 is 1. The fourth-order valence-corrected chi connectivity index (χ4v) is 2.75. The van der Waals surface area contributed by atoms with Crippen molar-refractivity contribution in [2.75, 3.05) is 18.6 Å². The van der Waals surface area contributed by atoms with Crippen LogP contribution in [0.3, 0.4) is 0 Å². The number of nitrogens with zero attached hydrogens (tertiary/aromatic N) is 2. The van der Waals surface area contributed by atoms with Crippen molar-refractivity contribution in [2.45, 2.75) is 12.8 Å². The first kappa shape index (κ1) is 17.2. The van der Waals surface area contributed by atoms with E-state index in [2.05, 4.69) is 4.99 Å². The monoisotopic (exact) mass is 356 g/mol. The van der Waals surface area contributed by atoms with Gasteiger partial charge in [0.1, 0.15) is 11.5 Å². The van der Waals surface area contributed by atoms with E-state index in [-0.39, 0.29) is 18.2 Å². The third kappa shape index (κ3) is 3.88. The maximum absolute atomic E-state index is 12.5. The first-order chi connectivity index (χ1) is 12.1. The highest BCUT2D eigenvalue weighted by Gasteiger charge is 2.36. The van der Waals surface area contributed by atoms with Gasteiger partial charge in [0.2, 0.25) is 5.91 Å². The van der Waals surface area contributed by atoms with Crippen molar-refractivity contribution in [2.24, 2.45) is 4.99 Å². The van der Waals surface area contributed by atoms with E-state index in [0.29, 0.717) is 29.4 Å². The van der Waals surface area contributed by atoms with Gasteiger partial charge in [0.05, 0.1) is 19.2 Å². The molecule has 2 aromatic rings. The highest BCUT2D eigenvalue weighted by Crippen LogP contribution is 2.23. The smallest absolute Gasteiger partial charge is 0.279 e. The molecular formula is C19H17ClN2O3. The molecule has 128 valence electrons. The summed E-state index contributed by atoms with van der Waals surface area (Å²) in [5.41, 5.74) is 1.91. The standard InChI is InChI=1S/C19H17ClN2O3/c1-25-16-8-2-13(3-9-16)10-11-21-17-12-18(23)22(19(17)24)15-6-4-14(20)5-7-15/h2-9H,10-12H2,1H3. The minimum atomic E-state index is -0.359. The van der Waals surface area contributed by atoms with Crippen molar-refractivity contribution >= 4 is 34.8 Å². The van der Waals surface area contributed by atoms with Gasteiger partial charge in [0.15, 0.2) is 0 Å². The summed E-state index contributed by atoms with van der Waals surface area (Å²) in [6.07, 6.45) is 0.722. The number of carbonyl (C=O) groups excluding carboxylic acids is 2. The lowest BCUT2D eigenvalue weighted by molar-refractivity contribution is -0.120. The Hall–Kier alpha value is -2.66. The van der Waals surface area contributed by atoms with E-state index in [4.69, 9.17) is 16.3 Å². The van der Waals surface area contributed by atoms with Gasteiger partial charge in [-0.05, 0) is 48.4 Å². The number of hydrogen-bond acceptors (Lipinski definition) is 4. The number of anilines is 1. The summed E-state index contributed by atoms with van der Waals surface area (Å²) in [5.74, 6) is 0.169. The van der Waals surface area contributed by atoms with Crippen molar-refractivity contribution < 1.29 is 14.3 Å². The zero-order valence-electron chi connectivity index (χ0n) is 13.7. The van der Waals surface area contributed by atoms with Gasteiger partial charge in [-0.3, -0.25) is 14.6 Å². The second kappa shape index (κ2) is 7.49. The number of aliphatic imine (C=N–C) groups is 1. The molecule has 3 rings (SSSR count). The third-order valence-corrected chi connectivity index (χ3v) is 4.22. The number of halogens is 1. The van der Waals surface area contributed by atoms with Crippen LogP contribution in [0.2, 0.25) is 5.02 Å². The number of benzene rings is 2. The van der Waals surface area contributed by atoms with Crippen LogP contribution in [0.4, 0.5) is 5.69 Å². The van der Waals surface area contributed by atoms with E-state index in [0.717, 1.165) is 16.2 Å². The molecule has 0 unspecified atom stereocenters. The van der Waals surface area contributed by atoms with Crippen LogP contribution in [-0.4, -0.2) is 31.2 Å². The SMILES string of the molecule is COc1ccc(CCN=C2CC(=O)N(c3ccc(Cl)cc3)C2=O)cc1. The molecule has 1 aliphatic heterocycles. The molecule has 0 bridgehead atoms. The van der Waals surface area contributed by atoms with E-state index in [9.17, 15) is 9.59 Å². The average Bonchev–Trinajstić information content (AvgIpc) is 2.90. The zero-order valence-corrected chi connectivity index (χ0v) is 14.5. The van der Waals surface area contributed by atoms with E-state index >= 15 is 0 Å². The number of carbonyl (C=O) groups is 2. The molecule has 25 heavy (non-hydrogen) atoms. The Morgan fingerprint density at radius 1 is 1.08 bits per heavy atom. The van der Waals surface area contributed by atoms with Gasteiger partial charge in [-0.15, -0.1) is 0 Å². The first-order valence-electron chi connectivity index (χ1n) is 7.87. The van der Waals surface area contributed by atoms with Gasteiger partial charge in [0.25, 0.3) is 5.91 Å². The molecule has 1 fully saturated rings. The van der Waals surface area contributed by atoms with Crippen molar-refractivity contribution in [1.29, 1.82) is 0 Å². The van der Waals surface area contributed by atoms with Crippen molar-refractivity contribution in [3.05, 3.63) is 59.1 Å². The minimum Gasteiger partial charge on any atom is -0.497 e. The van der Waals surface area contributed by atoms with Gasteiger partial charge < -0.3 is 4.74 Å². The fourth-order valence-electron chi connectivity index (χ4n) is 2.63. The topological polar surface area (TPSA) is 59.0 Å². The summed E-state index contributed by atoms with van der Waals surface area (Å²) < 4.78 is 5.12. The van der Waals surface area contributed by atoms with Crippen LogP contribution in [0.15, 0.2) is 53.5 Å². The Bertz CT molecular complexity index is 814. The number of rotatable bonds is 5. The Kier molecular flexibility index (Phi) is 5.14. The molecule has 0 N–H and O–H groups in total. The summed E-state index contributed by atoms with van der Waals surface area (Å²) in [6, 6.07) is 14.3. The van der Waals surface area contributed by atoms with Gasteiger partial charge >= 0.3 is 0 Å². The highest BCUT2D eigenvalue weighted by atomic mass is 35.5.